The molecular formula is C49H95N. The summed E-state index contributed by atoms with van der Waals surface area (Å²) in [4.78, 5) is 0. The topological polar surface area (TPSA) is 23.9 Å². The van der Waals surface area contributed by atoms with Gasteiger partial charge >= 0.3 is 0 Å². The van der Waals surface area contributed by atoms with Gasteiger partial charge in [0.15, 0.2) is 0 Å². The van der Waals surface area contributed by atoms with Crippen LogP contribution in [0.1, 0.15) is 267 Å². The lowest BCUT2D eigenvalue weighted by atomic mass is 9.71. The third kappa shape index (κ3) is 16.8. The Balaban J connectivity index is 1.87. The zero-order valence-electron chi connectivity index (χ0n) is 35.9. The fourth-order valence-corrected chi connectivity index (χ4v) is 11.3. The summed E-state index contributed by atoms with van der Waals surface area (Å²) in [6, 6.07) is 0. The van der Waals surface area contributed by atoms with Crippen LogP contribution in [0.4, 0.5) is 0 Å². The van der Waals surface area contributed by atoms with Crippen LogP contribution in [-0.4, -0.2) is 5.71 Å². The van der Waals surface area contributed by atoms with E-state index in [4.69, 9.17) is 5.41 Å². The van der Waals surface area contributed by atoms with Crippen LogP contribution in [0.15, 0.2) is 0 Å². The maximum absolute atomic E-state index is 8.86. The molecule has 1 spiro atoms. The molecule has 0 aromatic heterocycles. The van der Waals surface area contributed by atoms with Crippen molar-refractivity contribution >= 4 is 5.71 Å². The van der Waals surface area contributed by atoms with Crippen LogP contribution >= 0.6 is 0 Å². The van der Waals surface area contributed by atoms with E-state index in [0.717, 1.165) is 48.1 Å². The highest BCUT2D eigenvalue weighted by molar-refractivity contribution is 5.86. The number of rotatable bonds is 35. The van der Waals surface area contributed by atoms with Crippen molar-refractivity contribution < 1.29 is 0 Å². The molecule has 2 aliphatic carbocycles. The van der Waals surface area contributed by atoms with Crippen molar-refractivity contribution in [3.8, 4) is 0 Å². The van der Waals surface area contributed by atoms with Crippen molar-refractivity contribution in [2.45, 2.75) is 267 Å². The molecule has 0 heterocycles. The molecule has 7 atom stereocenters. The maximum atomic E-state index is 8.86. The lowest BCUT2D eigenvalue weighted by Crippen LogP contribution is -2.26. The Morgan fingerprint density at radius 3 is 1.48 bits per heavy atom. The van der Waals surface area contributed by atoms with E-state index in [-0.39, 0.29) is 0 Å². The van der Waals surface area contributed by atoms with Crippen LogP contribution in [0.25, 0.3) is 0 Å². The molecule has 0 bridgehead atoms. The first-order valence-electron chi connectivity index (χ1n) is 23.8. The van der Waals surface area contributed by atoms with Gasteiger partial charge in [-0.1, -0.05) is 228 Å². The molecule has 7 unspecified atom stereocenters. The predicted molar refractivity (Wildman–Crippen MR) is 227 cm³/mol. The summed E-state index contributed by atoms with van der Waals surface area (Å²) in [7, 11) is 0. The summed E-state index contributed by atoms with van der Waals surface area (Å²) in [6.45, 7) is 17.2. The molecule has 0 saturated heterocycles. The minimum atomic E-state index is 0.377. The van der Waals surface area contributed by atoms with E-state index >= 15 is 0 Å². The van der Waals surface area contributed by atoms with Gasteiger partial charge in [-0.05, 0) is 78.9 Å². The van der Waals surface area contributed by atoms with E-state index in [1.54, 1.807) is 0 Å². The molecule has 1 nitrogen and oxygen atoms in total. The molecule has 1 N–H and O–H groups in total. The van der Waals surface area contributed by atoms with Gasteiger partial charge in [-0.25, -0.2) is 0 Å². The zero-order chi connectivity index (χ0) is 36.5. The minimum absolute atomic E-state index is 0.377. The average molecular weight is 698 g/mol. The van der Waals surface area contributed by atoms with Crippen LogP contribution in [0.5, 0.6) is 0 Å². The fourth-order valence-electron chi connectivity index (χ4n) is 11.3. The maximum Gasteiger partial charge on any atom is 0.0101 e. The highest BCUT2D eigenvalue weighted by atomic mass is 14.8. The van der Waals surface area contributed by atoms with Gasteiger partial charge in [-0.2, -0.15) is 0 Å². The molecule has 2 fully saturated rings. The smallest absolute Gasteiger partial charge is 0.0101 e. The van der Waals surface area contributed by atoms with Gasteiger partial charge in [0.25, 0.3) is 0 Å². The molecule has 2 rings (SSSR count). The van der Waals surface area contributed by atoms with Crippen molar-refractivity contribution in [3.05, 3.63) is 0 Å². The van der Waals surface area contributed by atoms with Crippen LogP contribution in [-0.2, 0) is 0 Å². The predicted octanol–water partition coefficient (Wildman–Crippen LogP) is 17.5. The van der Waals surface area contributed by atoms with Crippen LogP contribution in [0.2, 0.25) is 0 Å². The molecule has 1 heteroatoms. The Kier molecular flexibility index (Phi) is 25.0. The van der Waals surface area contributed by atoms with Crippen LogP contribution in [0, 0.1) is 45.8 Å². The standard InChI is InChI=1S/C49H95N/c1-8-12-14-16-18-20-22-24-26-30-35-44(36-31-28-29-34-42(5)33-10-3)38-43(6)39-47-46(49(47)41-45(50)40-48(49,7)11-4)37-32-27-25-23-21-19-17-15-13-9-2/h42-44,46-47,50H,8-41H2,1-7H3. The summed E-state index contributed by atoms with van der Waals surface area (Å²) in [5, 5.41) is 8.86. The van der Waals surface area contributed by atoms with Crippen molar-refractivity contribution in [1.82, 2.24) is 0 Å². The second-order valence-electron chi connectivity index (χ2n) is 19.0. The second-order valence-corrected chi connectivity index (χ2v) is 19.0. The van der Waals surface area contributed by atoms with Gasteiger partial charge in [-0.15, -0.1) is 0 Å². The van der Waals surface area contributed by atoms with Crippen molar-refractivity contribution in [3.63, 3.8) is 0 Å². The van der Waals surface area contributed by atoms with Crippen molar-refractivity contribution in [1.29, 1.82) is 5.41 Å². The summed E-state index contributed by atoms with van der Waals surface area (Å²) in [6.07, 6.45) is 48.4. The van der Waals surface area contributed by atoms with Crippen molar-refractivity contribution in [2.24, 2.45) is 40.4 Å². The normalized spacial score (nSPS) is 25.1. The summed E-state index contributed by atoms with van der Waals surface area (Å²) >= 11 is 0. The second kappa shape index (κ2) is 27.3. The van der Waals surface area contributed by atoms with Gasteiger partial charge in [0.1, 0.15) is 0 Å². The summed E-state index contributed by atoms with van der Waals surface area (Å²) in [5.74, 6) is 4.51. The monoisotopic (exact) mass is 698 g/mol. The van der Waals surface area contributed by atoms with Crippen molar-refractivity contribution in [2.75, 3.05) is 0 Å². The van der Waals surface area contributed by atoms with E-state index in [9.17, 15) is 0 Å². The largest absolute Gasteiger partial charge is 0.310 e. The molecule has 0 aliphatic heterocycles. The number of nitrogens with one attached hydrogen (secondary N) is 1. The molecule has 0 aromatic rings. The van der Waals surface area contributed by atoms with E-state index in [1.165, 1.54) is 205 Å². The molecule has 0 amide bonds. The first-order valence-corrected chi connectivity index (χ1v) is 23.8. The Bertz CT molecular complexity index is 816. The van der Waals surface area contributed by atoms with Gasteiger partial charge in [0.05, 0.1) is 0 Å². The molecule has 2 saturated carbocycles. The number of hydrogen-bond donors (Lipinski definition) is 1. The Labute approximate surface area is 317 Å². The lowest BCUT2D eigenvalue weighted by molar-refractivity contribution is 0.155. The van der Waals surface area contributed by atoms with Gasteiger partial charge < -0.3 is 5.41 Å². The average Bonchev–Trinajstić information content (AvgIpc) is 3.59. The Morgan fingerprint density at radius 2 is 0.980 bits per heavy atom. The fraction of sp³-hybridized carbons (Fsp3) is 0.980. The zero-order valence-corrected chi connectivity index (χ0v) is 35.9. The molecule has 0 aromatic carbocycles. The first kappa shape index (κ1) is 45.8. The molecule has 0 radical (unpaired) electrons. The van der Waals surface area contributed by atoms with Gasteiger partial charge in [0.2, 0.25) is 0 Å². The third-order valence-corrected chi connectivity index (χ3v) is 14.5. The highest BCUT2D eigenvalue weighted by Crippen LogP contribution is 2.77. The molecule has 50 heavy (non-hydrogen) atoms. The third-order valence-electron chi connectivity index (χ3n) is 14.5. The van der Waals surface area contributed by atoms with E-state index in [1.807, 2.05) is 0 Å². The van der Waals surface area contributed by atoms with E-state index < -0.39 is 0 Å². The Hall–Kier alpha value is -0.330. The van der Waals surface area contributed by atoms with E-state index in [2.05, 4.69) is 48.5 Å². The lowest BCUT2D eigenvalue weighted by Gasteiger charge is -2.33. The SMILES string of the molecule is CCCCCCCCCCCCC(CCCCCC(C)CCC)CC(C)CC1C(CCCCCCCCCCCC)C12CC(=N)CC2(C)CC. The number of unbranched alkanes of at least 4 members (excludes halogenated alkanes) is 20. The number of hydrogen-bond acceptors (Lipinski definition) is 1. The van der Waals surface area contributed by atoms with Gasteiger partial charge in [0, 0.05) is 5.71 Å². The molecule has 296 valence electrons. The molecule has 2 aliphatic rings. The van der Waals surface area contributed by atoms with E-state index in [0.29, 0.717) is 10.8 Å². The quantitative estimate of drug-likeness (QED) is 0.0638. The van der Waals surface area contributed by atoms with Crippen LogP contribution < -0.4 is 0 Å². The highest BCUT2D eigenvalue weighted by Gasteiger charge is 2.72. The summed E-state index contributed by atoms with van der Waals surface area (Å²) in [5.41, 5.74) is 1.93. The summed E-state index contributed by atoms with van der Waals surface area (Å²) < 4.78 is 0. The Morgan fingerprint density at radius 1 is 0.520 bits per heavy atom. The minimum Gasteiger partial charge on any atom is -0.310 e. The van der Waals surface area contributed by atoms with Crippen LogP contribution in [0.3, 0.4) is 0 Å². The first-order chi connectivity index (χ1) is 24.3. The van der Waals surface area contributed by atoms with Gasteiger partial charge in [-0.3, -0.25) is 0 Å². The molecular weight excluding hydrogens is 603 g/mol.